The van der Waals surface area contributed by atoms with Crippen LogP contribution in [0.4, 0.5) is 23.5 Å². The lowest BCUT2D eigenvalue weighted by Gasteiger charge is -2.27. The third-order valence-corrected chi connectivity index (χ3v) is 5.91. The molecule has 2 aromatic rings. The number of amides is 1. The summed E-state index contributed by atoms with van der Waals surface area (Å²) in [6.45, 7) is 3.10. The minimum atomic E-state index is -5.00. The Bertz CT molecular complexity index is 1050. The van der Waals surface area contributed by atoms with E-state index >= 15 is 0 Å². The van der Waals surface area contributed by atoms with E-state index in [4.69, 9.17) is 9.47 Å². The Morgan fingerprint density at radius 3 is 2.71 bits per heavy atom. The molecular weight excluding hydrogens is 472 g/mol. The zero-order valence-corrected chi connectivity index (χ0v) is 19.0. The average Bonchev–Trinajstić information content (AvgIpc) is 2.83. The molecule has 3 heterocycles. The molecule has 190 valence electrons. The van der Waals surface area contributed by atoms with Gasteiger partial charge in [0.05, 0.1) is 6.04 Å². The molecule has 0 bridgehead atoms. The van der Waals surface area contributed by atoms with Crippen molar-refractivity contribution in [1.29, 1.82) is 0 Å². The number of rotatable bonds is 7. The molecule has 1 fully saturated rings. The quantitative estimate of drug-likeness (QED) is 0.556. The molecular formula is C23H26F4N4O4. The van der Waals surface area contributed by atoms with E-state index in [9.17, 15) is 22.4 Å². The zero-order chi connectivity index (χ0) is 25.0. The highest BCUT2D eigenvalue weighted by atomic mass is 19.4. The monoisotopic (exact) mass is 498 g/mol. The van der Waals surface area contributed by atoms with Crippen LogP contribution in [0.25, 0.3) is 0 Å². The molecule has 1 aromatic heterocycles. The second-order valence-corrected chi connectivity index (χ2v) is 8.41. The number of fused-ring (bicyclic) bond motifs is 1. The van der Waals surface area contributed by atoms with Crippen LogP contribution in [-0.4, -0.2) is 47.6 Å². The molecule has 2 aliphatic heterocycles. The van der Waals surface area contributed by atoms with Gasteiger partial charge in [0.15, 0.2) is 17.7 Å². The maximum Gasteiger partial charge on any atom is 0.573 e. The Hall–Kier alpha value is -3.15. The van der Waals surface area contributed by atoms with Crippen LogP contribution in [0.1, 0.15) is 49.8 Å². The smallest absolute Gasteiger partial charge is 0.464 e. The number of halogens is 4. The van der Waals surface area contributed by atoms with Crippen LogP contribution in [0.3, 0.4) is 0 Å². The predicted octanol–water partition coefficient (Wildman–Crippen LogP) is 4.07. The van der Waals surface area contributed by atoms with Crippen molar-refractivity contribution < 1.29 is 36.6 Å². The van der Waals surface area contributed by atoms with Gasteiger partial charge in [-0.3, -0.25) is 4.79 Å². The second-order valence-electron chi connectivity index (χ2n) is 8.41. The SMILES string of the molecule is CC[C@@H](NC(=O)[C@H]1CCc2cnc(NC3CCOCC3)nc2O1)c1ccc(OC(F)(F)F)c(F)c1. The number of hydrogen-bond acceptors (Lipinski definition) is 7. The van der Waals surface area contributed by atoms with Crippen molar-refractivity contribution in [2.45, 2.75) is 63.6 Å². The summed E-state index contributed by atoms with van der Waals surface area (Å²) in [4.78, 5) is 21.7. The molecule has 8 nitrogen and oxygen atoms in total. The van der Waals surface area contributed by atoms with Crippen molar-refractivity contribution in [1.82, 2.24) is 15.3 Å². The van der Waals surface area contributed by atoms with Crippen molar-refractivity contribution in [3.05, 3.63) is 41.3 Å². The van der Waals surface area contributed by atoms with Crippen LogP contribution >= 0.6 is 0 Å². The number of ether oxygens (including phenoxy) is 3. The van der Waals surface area contributed by atoms with Gasteiger partial charge in [-0.15, -0.1) is 13.2 Å². The van der Waals surface area contributed by atoms with Gasteiger partial charge in [0.2, 0.25) is 11.8 Å². The van der Waals surface area contributed by atoms with E-state index < -0.39 is 36.0 Å². The second kappa shape index (κ2) is 10.6. The van der Waals surface area contributed by atoms with E-state index in [0.717, 1.165) is 30.5 Å². The summed E-state index contributed by atoms with van der Waals surface area (Å²) in [6, 6.07) is 2.68. The standard InChI is InChI=1S/C23H26F4N4O4/c1-2-17(13-3-5-18(16(24)11-13)35-23(25,26)27)30-20(32)19-6-4-14-12-28-22(31-21(14)34-19)29-15-7-9-33-10-8-15/h3,5,11-12,15,17,19H,2,4,6-10H2,1H3,(H,30,32)(H,28,29,31)/t17-,19-/m1/s1. The number of nitrogens with one attached hydrogen (secondary N) is 2. The molecule has 0 spiro atoms. The maximum atomic E-state index is 14.2. The molecule has 35 heavy (non-hydrogen) atoms. The first-order chi connectivity index (χ1) is 16.7. The van der Waals surface area contributed by atoms with Gasteiger partial charge >= 0.3 is 6.36 Å². The van der Waals surface area contributed by atoms with Gasteiger partial charge < -0.3 is 24.8 Å². The topological polar surface area (TPSA) is 94.6 Å². The summed E-state index contributed by atoms with van der Waals surface area (Å²) in [5, 5.41) is 6.06. The molecule has 2 N–H and O–H groups in total. The van der Waals surface area contributed by atoms with E-state index in [-0.39, 0.29) is 6.04 Å². The van der Waals surface area contributed by atoms with Crippen LogP contribution in [-0.2, 0) is 16.0 Å². The summed E-state index contributed by atoms with van der Waals surface area (Å²) in [5.74, 6) is -1.78. The van der Waals surface area contributed by atoms with E-state index in [1.165, 1.54) is 6.07 Å². The molecule has 0 unspecified atom stereocenters. The summed E-state index contributed by atoms with van der Waals surface area (Å²) in [6.07, 6.45) is -1.13. The maximum absolute atomic E-state index is 14.2. The lowest BCUT2D eigenvalue weighted by atomic mass is 10.0. The van der Waals surface area contributed by atoms with Gasteiger partial charge in [-0.25, -0.2) is 9.37 Å². The first-order valence-corrected chi connectivity index (χ1v) is 11.4. The molecule has 1 saturated heterocycles. The number of carbonyl (C=O) groups excluding carboxylic acids is 1. The van der Waals surface area contributed by atoms with Crippen molar-refractivity contribution >= 4 is 11.9 Å². The van der Waals surface area contributed by atoms with Gasteiger partial charge in [-0.1, -0.05) is 13.0 Å². The average molecular weight is 498 g/mol. The number of benzene rings is 1. The fraction of sp³-hybridized carbons (Fsp3) is 0.522. The van der Waals surface area contributed by atoms with Gasteiger partial charge in [0, 0.05) is 31.0 Å². The van der Waals surface area contributed by atoms with Crippen LogP contribution in [0.5, 0.6) is 11.6 Å². The van der Waals surface area contributed by atoms with Crippen molar-refractivity contribution in [2.24, 2.45) is 0 Å². The number of aromatic nitrogens is 2. The predicted molar refractivity (Wildman–Crippen MR) is 116 cm³/mol. The van der Waals surface area contributed by atoms with Gasteiger partial charge in [-0.05, 0) is 49.8 Å². The summed E-state index contributed by atoms with van der Waals surface area (Å²) >= 11 is 0. The van der Waals surface area contributed by atoms with Crippen molar-refractivity contribution in [3.8, 4) is 11.6 Å². The summed E-state index contributed by atoms with van der Waals surface area (Å²) < 4.78 is 66.2. The first kappa shape index (κ1) is 25.0. The number of hydrogen-bond donors (Lipinski definition) is 2. The number of nitrogens with zero attached hydrogens (tertiary/aromatic N) is 2. The zero-order valence-electron chi connectivity index (χ0n) is 19.0. The molecule has 1 amide bonds. The number of aryl methyl sites for hydroxylation is 1. The van der Waals surface area contributed by atoms with E-state index in [1.54, 1.807) is 13.1 Å². The Morgan fingerprint density at radius 1 is 1.26 bits per heavy atom. The van der Waals surface area contributed by atoms with E-state index in [0.29, 0.717) is 49.9 Å². The van der Waals surface area contributed by atoms with Crippen LogP contribution in [0, 0.1) is 5.82 Å². The number of anilines is 1. The molecule has 2 aliphatic rings. The van der Waals surface area contributed by atoms with Crippen LogP contribution in [0.15, 0.2) is 24.4 Å². The molecule has 4 rings (SSSR count). The summed E-state index contributed by atoms with van der Waals surface area (Å²) in [5.41, 5.74) is 1.11. The molecule has 0 aliphatic carbocycles. The largest absolute Gasteiger partial charge is 0.573 e. The number of carbonyl (C=O) groups is 1. The third-order valence-electron chi connectivity index (χ3n) is 5.91. The third kappa shape index (κ3) is 6.50. The minimum absolute atomic E-state index is 0.197. The van der Waals surface area contributed by atoms with Gasteiger partial charge in [-0.2, -0.15) is 4.98 Å². The Kier molecular flexibility index (Phi) is 7.58. The van der Waals surface area contributed by atoms with Crippen LogP contribution < -0.4 is 20.1 Å². The first-order valence-electron chi connectivity index (χ1n) is 11.4. The highest BCUT2D eigenvalue weighted by Gasteiger charge is 2.33. The van der Waals surface area contributed by atoms with E-state index in [2.05, 4.69) is 25.3 Å². The Balaban J connectivity index is 1.40. The Morgan fingerprint density at radius 2 is 2.03 bits per heavy atom. The van der Waals surface area contributed by atoms with Crippen molar-refractivity contribution in [3.63, 3.8) is 0 Å². The highest BCUT2D eigenvalue weighted by Crippen LogP contribution is 2.30. The molecule has 0 saturated carbocycles. The number of alkyl halides is 3. The van der Waals surface area contributed by atoms with E-state index in [1.807, 2.05) is 0 Å². The lowest BCUT2D eigenvalue weighted by molar-refractivity contribution is -0.275. The summed E-state index contributed by atoms with van der Waals surface area (Å²) in [7, 11) is 0. The molecule has 2 atom stereocenters. The van der Waals surface area contributed by atoms with Gasteiger partial charge in [0.1, 0.15) is 0 Å². The van der Waals surface area contributed by atoms with Crippen molar-refractivity contribution in [2.75, 3.05) is 18.5 Å². The normalized spacial score (nSPS) is 19.3. The highest BCUT2D eigenvalue weighted by molar-refractivity contribution is 5.82. The minimum Gasteiger partial charge on any atom is -0.464 e. The van der Waals surface area contributed by atoms with Crippen LogP contribution in [0.2, 0.25) is 0 Å². The van der Waals surface area contributed by atoms with Gasteiger partial charge in [0.25, 0.3) is 5.91 Å². The Labute approximate surface area is 199 Å². The molecule has 12 heteroatoms. The molecule has 1 aromatic carbocycles. The fourth-order valence-electron chi connectivity index (χ4n) is 4.05. The molecule has 0 radical (unpaired) electrons. The fourth-order valence-corrected chi connectivity index (χ4v) is 4.05. The lowest BCUT2D eigenvalue weighted by Crippen LogP contribution is -2.42.